The van der Waals surface area contributed by atoms with E-state index in [9.17, 15) is 8.42 Å². The Kier molecular flexibility index (Phi) is 5.34. The standard InChI is InChI=1S/C13H18N2O2S3/c1-3-14-9-11-6-7-13(19-11)20(16,17)15-10(2)12-5-4-8-18-12/h4-8,10,14-15H,3,9H2,1-2H3. The molecule has 0 radical (unpaired) electrons. The fourth-order valence-electron chi connectivity index (χ4n) is 1.73. The molecule has 0 amide bonds. The van der Waals surface area contributed by atoms with Crippen molar-refractivity contribution < 1.29 is 8.42 Å². The highest BCUT2D eigenvalue weighted by atomic mass is 32.2. The van der Waals surface area contributed by atoms with E-state index in [2.05, 4.69) is 10.0 Å². The maximum absolute atomic E-state index is 12.3. The molecule has 0 spiro atoms. The van der Waals surface area contributed by atoms with Crippen molar-refractivity contribution in [2.24, 2.45) is 0 Å². The smallest absolute Gasteiger partial charge is 0.250 e. The summed E-state index contributed by atoms with van der Waals surface area (Å²) < 4.78 is 27.7. The van der Waals surface area contributed by atoms with E-state index in [0.29, 0.717) is 10.8 Å². The molecule has 2 rings (SSSR count). The van der Waals surface area contributed by atoms with Crippen molar-refractivity contribution in [3.05, 3.63) is 39.4 Å². The Morgan fingerprint density at radius 1 is 1.30 bits per heavy atom. The van der Waals surface area contributed by atoms with Crippen LogP contribution in [0, 0.1) is 0 Å². The fourth-order valence-corrected chi connectivity index (χ4v) is 5.11. The number of hydrogen-bond donors (Lipinski definition) is 2. The molecule has 2 heterocycles. The van der Waals surface area contributed by atoms with Crippen molar-refractivity contribution in [2.45, 2.75) is 30.6 Å². The van der Waals surface area contributed by atoms with Crippen molar-refractivity contribution in [2.75, 3.05) is 6.54 Å². The zero-order chi connectivity index (χ0) is 14.6. The van der Waals surface area contributed by atoms with Crippen molar-refractivity contribution in [3.8, 4) is 0 Å². The Hall–Kier alpha value is -0.730. The van der Waals surface area contributed by atoms with E-state index < -0.39 is 10.0 Å². The highest BCUT2D eigenvalue weighted by Crippen LogP contribution is 2.25. The summed E-state index contributed by atoms with van der Waals surface area (Å²) in [5, 5.41) is 5.13. The fraction of sp³-hybridized carbons (Fsp3) is 0.385. The van der Waals surface area contributed by atoms with Crippen LogP contribution in [0.25, 0.3) is 0 Å². The maximum atomic E-state index is 12.3. The summed E-state index contributed by atoms with van der Waals surface area (Å²) in [6, 6.07) is 7.17. The van der Waals surface area contributed by atoms with E-state index in [1.54, 1.807) is 17.4 Å². The van der Waals surface area contributed by atoms with Gasteiger partial charge in [0.25, 0.3) is 10.0 Å². The SMILES string of the molecule is CCNCc1ccc(S(=O)(=O)NC(C)c2cccs2)s1. The van der Waals surface area contributed by atoms with Gasteiger partial charge in [-0.2, -0.15) is 0 Å². The van der Waals surface area contributed by atoms with Crippen molar-refractivity contribution >= 4 is 32.7 Å². The molecule has 0 saturated carbocycles. The Bertz CT molecular complexity index is 632. The molecule has 1 atom stereocenters. The van der Waals surface area contributed by atoms with Crippen molar-refractivity contribution in [1.82, 2.24) is 10.0 Å². The summed E-state index contributed by atoms with van der Waals surface area (Å²) >= 11 is 2.86. The van der Waals surface area contributed by atoms with Crippen LogP contribution in [0.3, 0.4) is 0 Å². The molecule has 0 aliphatic heterocycles. The predicted octanol–water partition coefficient (Wildman–Crippen LogP) is 2.96. The Morgan fingerprint density at radius 2 is 2.10 bits per heavy atom. The van der Waals surface area contributed by atoms with Crippen LogP contribution in [0.2, 0.25) is 0 Å². The first-order valence-corrected chi connectivity index (χ1v) is 9.56. The van der Waals surface area contributed by atoms with Gasteiger partial charge in [-0.1, -0.05) is 13.0 Å². The second kappa shape index (κ2) is 6.82. The zero-order valence-corrected chi connectivity index (χ0v) is 13.9. The second-order valence-electron chi connectivity index (χ2n) is 4.36. The molecular weight excluding hydrogens is 312 g/mol. The highest BCUT2D eigenvalue weighted by Gasteiger charge is 2.20. The lowest BCUT2D eigenvalue weighted by Gasteiger charge is -2.11. The third-order valence-corrected chi connectivity index (χ3v) is 6.93. The van der Waals surface area contributed by atoms with Gasteiger partial charge in [0, 0.05) is 16.3 Å². The van der Waals surface area contributed by atoms with Crippen LogP contribution in [-0.4, -0.2) is 15.0 Å². The molecule has 110 valence electrons. The Labute approximate surface area is 127 Å². The van der Waals surface area contributed by atoms with Crippen LogP contribution in [0.1, 0.15) is 29.6 Å². The van der Waals surface area contributed by atoms with Crippen LogP contribution in [0.5, 0.6) is 0 Å². The second-order valence-corrected chi connectivity index (χ2v) is 8.45. The van der Waals surface area contributed by atoms with Crippen LogP contribution < -0.4 is 10.0 Å². The quantitative estimate of drug-likeness (QED) is 0.820. The molecule has 4 nitrogen and oxygen atoms in total. The van der Waals surface area contributed by atoms with Crippen LogP contribution in [0.4, 0.5) is 0 Å². The molecule has 0 saturated heterocycles. The van der Waals surface area contributed by atoms with Gasteiger partial charge in [0.05, 0.1) is 6.04 Å². The molecule has 0 aliphatic rings. The van der Waals surface area contributed by atoms with E-state index in [0.717, 1.165) is 16.3 Å². The summed E-state index contributed by atoms with van der Waals surface area (Å²) in [4.78, 5) is 2.04. The average molecular weight is 330 g/mol. The van der Waals surface area contributed by atoms with E-state index in [1.807, 2.05) is 37.4 Å². The van der Waals surface area contributed by atoms with Gasteiger partial charge in [-0.25, -0.2) is 13.1 Å². The summed E-state index contributed by atoms with van der Waals surface area (Å²) in [5.74, 6) is 0. The van der Waals surface area contributed by atoms with Gasteiger partial charge in [-0.05, 0) is 37.0 Å². The number of thiophene rings is 2. The molecule has 7 heteroatoms. The molecule has 1 unspecified atom stereocenters. The van der Waals surface area contributed by atoms with Gasteiger partial charge in [0.1, 0.15) is 4.21 Å². The normalized spacial score (nSPS) is 13.5. The van der Waals surface area contributed by atoms with Crippen LogP contribution >= 0.6 is 22.7 Å². The van der Waals surface area contributed by atoms with Gasteiger partial charge in [0.15, 0.2) is 0 Å². The van der Waals surface area contributed by atoms with Crippen molar-refractivity contribution in [1.29, 1.82) is 0 Å². The van der Waals surface area contributed by atoms with Gasteiger partial charge >= 0.3 is 0 Å². The van der Waals surface area contributed by atoms with Gasteiger partial charge < -0.3 is 5.32 Å². The largest absolute Gasteiger partial charge is 0.312 e. The predicted molar refractivity (Wildman–Crippen MR) is 84.8 cm³/mol. The van der Waals surface area contributed by atoms with E-state index in [4.69, 9.17) is 0 Å². The summed E-state index contributed by atoms with van der Waals surface area (Å²) in [6.45, 7) is 5.46. The minimum atomic E-state index is -3.44. The zero-order valence-electron chi connectivity index (χ0n) is 11.4. The molecule has 2 N–H and O–H groups in total. The first-order valence-electron chi connectivity index (χ1n) is 6.38. The Morgan fingerprint density at radius 3 is 2.75 bits per heavy atom. The lowest BCUT2D eigenvalue weighted by molar-refractivity contribution is 0.570. The Balaban J connectivity index is 2.08. The molecule has 0 aromatic carbocycles. The summed E-state index contributed by atoms with van der Waals surface area (Å²) in [5.41, 5.74) is 0. The third kappa shape index (κ3) is 3.89. The summed E-state index contributed by atoms with van der Waals surface area (Å²) in [7, 11) is -3.44. The number of hydrogen-bond acceptors (Lipinski definition) is 5. The number of sulfonamides is 1. The number of nitrogens with one attached hydrogen (secondary N) is 2. The lowest BCUT2D eigenvalue weighted by atomic mass is 10.3. The van der Waals surface area contributed by atoms with Gasteiger partial charge in [0.2, 0.25) is 0 Å². The van der Waals surface area contributed by atoms with E-state index >= 15 is 0 Å². The maximum Gasteiger partial charge on any atom is 0.250 e. The van der Waals surface area contributed by atoms with Gasteiger partial charge in [-0.15, -0.1) is 22.7 Å². The summed E-state index contributed by atoms with van der Waals surface area (Å²) in [6.07, 6.45) is 0. The molecule has 20 heavy (non-hydrogen) atoms. The number of rotatable bonds is 7. The minimum absolute atomic E-state index is 0.209. The molecule has 2 aromatic heterocycles. The molecular formula is C13H18N2O2S3. The molecule has 0 bridgehead atoms. The monoisotopic (exact) mass is 330 g/mol. The van der Waals surface area contributed by atoms with Gasteiger partial charge in [-0.3, -0.25) is 0 Å². The van der Waals surface area contributed by atoms with Crippen LogP contribution in [0.15, 0.2) is 33.9 Å². The van der Waals surface area contributed by atoms with E-state index in [-0.39, 0.29) is 6.04 Å². The van der Waals surface area contributed by atoms with E-state index in [1.165, 1.54) is 11.3 Å². The molecule has 0 aliphatic carbocycles. The first-order chi connectivity index (χ1) is 9.53. The minimum Gasteiger partial charge on any atom is -0.312 e. The first kappa shape index (κ1) is 15.7. The highest BCUT2D eigenvalue weighted by molar-refractivity contribution is 7.91. The van der Waals surface area contributed by atoms with Crippen molar-refractivity contribution in [3.63, 3.8) is 0 Å². The average Bonchev–Trinajstić information content (AvgIpc) is 3.07. The van der Waals surface area contributed by atoms with Crippen LogP contribution in [-0.2, 0) is 16.6 Å². The topological polar surface area (TPSA) is 58.2 Å². The lowest BCUT2D eigenvalue weighted by Crippen LogP contribution is -2.25. The molecule has 2 aromatic rings. The third-order valence-electron chi connectivity index (χ3n) is 2.75. The molecule has 0 fully saturated rings.